The Morgan fingerprint density at radius 1 is 1.24 bits per heavy atom. The van der Waals surface area contributed by atoms with E-state index in [-0.39, 0.29) is 34.6 Å². The van der Waals surface area contributed by atoms with Gasteiger partial charge in [-0.05, 0) is 38.5 Å². The Morgan fingerprint density at radius 2 is 1.83 bits per heavy atom. The van der Waals surface area contributed by atoms with E-state index >= 15 is 0 Å². The Labute approximate surface area is 191 Å². The van der Waals surface area contributed by atoms with Gasteiger partial charge in [-0.15, -0.1) is 24.0 Å². The molecule has 0 aliphatic carbocycles. The van der Waals surface area contributed by atoms with Gasteiger partial charge in [0.25, 0.3) is 0 Å². The molecular formula is C18H31IN4O4S2. The fourth-order valence-corrected chi connectivity index (χ4v) is 5.16. The molecule has 0 amide bonds. The van der Waals surface area contributed by atoms with E-state index in [1.165, 1.54) is 18.4 Å². The lowest BCUT2D eigenvalue weighted by molar-refractivity contribution is 0.353. The van der Waals surface area contributed by atoms with Crippen molar-refractivity contribution in [1.82, 2.24) is 14.5 Å². The van der Waals surface area contributed by atoms with Crippen molar-refractivity contribution in [1.29, 1.82) is 0 Å². The number of sulfone groups is 1. The minimum Gasteiger partial charge on any atom is -0.357 e. The minimum absolute atomic E-state index is 0. The smallest absolute Gasteiger partial charge is 0.242 e. The summed E-state index contributed by atoms with van der Waals surface area (Å²) in [6.07, 6.45) is 0. The largest absolute Gasteiger partial charge is 0.357 e. The fourth-order valence-electron chi connectivity index (χ4n) is 2.89. The number of sulfonamides is 1. The van der Waals surface area contributed by atoms with E-state index in [9.17, 15) is 16.8 Å². The van der Waals surface area contributed by atoms with Gasteiger partial charge >= 0.3 is 0 Å². The molecule has 0 spiro atoms. The van der Waals surface area contributed by atoms with Crippen molar-refractivity contribution in [2.75, 3.05) is 39.5 Å². The number of halogens is 1. The molecule has 1 aliphatic heterocycles. The predicted octanol–water partition coefficient (Wildman–Crippen LogP) is 1.53. The molecule has 1 aliphatic rings. The van der Waals surface area contributed by atoms with Gasteiger partial charge < -0.3 is 10.2 Å². The van der Waals surface area contributed by atoms with E-state index in [0.29, 0.717) is 32.1 Å². The van der Waals surface area contributed by atoms with E-state index in [0.717, 1.165) is 5.56 Å². The number of aliphatic imine (C=N–C) groups is 1. The van der Waals surface area contributed by atoms with Crippen LogP contribution in [0.25, 0.3) is 0 Å². The van der Waals surface area contributed by atoms with Crippen LogP contribution < -0.4 is 5.32 Å². The van der Waals surface area contributed by atoms with Crippen LogP contribution in [0.2, 0.25) is 0 Å². The van der Waals surface area contributed by atoms with Gasteiger partial charge in [-0.1, -0.05) is 12.1 Å². The van der Waals surface area contributed by atoms with E-state index in [2.05, 4.69) is 10.3 Å². The second-order valence-electron chi connectivity index (χ2n) is 7.60. The summed E-state index contributed by atoms with van der Waals surface area (Å²) in [4.78, 5) is 6.83. The van der Waals surface area contributed by atoms with E-state index in [1.54, 1.807) is 38.1 Å². The molecule has 1 aromatic carbocycles. The first-order valence-electron chi connectivity index (χ1n) is 9.18. The van der Waals surface area contributed by atoms with Crippen LogP contribution in [0.3, 0.4) is 0 Å². The van der Waals surface area contributed by atoms with Crippen molar-refractivity contribution in [2.24, 2.45) is 4.99 Å². The number of hydrogen-bond donors (Lipinski definition) is 1. The fraction of sp³-hybridized carbons (Fsp3) is 0.611. The molecule has 0 unspecified atom stereocenters. The summed E-state index contributed by atoms with van der Waals surface area (Å²) < 4.78 is 49.1. The Balaban J connectivity index is 0.00000420. The van der Waals surface area contributed by atoms with Crippen molar-refractivity contribution in [2.45, 2.75) is 37.0 Å². The second kappa shape index (κ2) is 9.92. The molecule has 166 valence electrons. The number of hydrogen-bond acceptors (Lipinski definition) is 5. The highest BCUT2D eigenvalue weighted by Crippen LogP contribution is 2.24. The highest BCUT2D eigenvalue weighted by molar-refractivity contribution is 14.0. The first-order valence-corrected chi connectivity index (χ1v) is 12.3. The van der Waals surface area contributed by atoms with Gasteiger partial charge in [0.05, 0.1) is 21.9 Å². The molecule has 0 aromatic heterocycles. The molecule has 1 fully saturated rings. The van der Waals surface area contributed by atoms with Gasteiger partial charge in [-0.25, -0.2) is 26.1 Å². The molecule has 29 heavy (non-hydrogen) atoms. The second-order valence-corrected chi connectivity index (χ2v) is 12.5. The quantitative estimate of drug-likeness (QED) is 0.335. The van der Waals surface area contributed by atoms with Gasteiger partial charge in [0.2, 0.25) is 10.0 Å². The third kappa shape index (κ3) is 6.05. The molecule has 2 rings (SSSR count). The Hall–Kier alpha value is -0.920. The zero-order chi connectivity index (χ0) is 21.2. The topological polar surface area (TPSA) is 99.2 Å². The maximum absolute atomic E-state index is 12.2. The molecule has 0 bridgehead atoms. The lowest BCUT2D eigenvalue weighted by atomic mass is 10.2. The summed E-state index contributed by atoms with van der Waals surface area (Å²) >= 11 is 0. The average molecular weight is 559 g/mol. The molecule has 1 N–H and O–H groups in total. The lowest BCUT2D eigenvalue weighted by Crippen LogP contribution is -2.57. The highest BCUT2D eigenvalue weighted by atomic mass is 127. The van der Waals surface area contributed by atoms with Crippen molar-refractivity contribution in [3.8, 4) is 0 Å². The summed E-state index contributed by atoms with van der Waals surface area (Å²) in [5.74, 6) is 0.761. The summed E-state index contributed by atoms with van der Waals surface area (Å²) in [5.41, 5.74) is 0.872. The maximum atomic E-state index is 12.2. The van der Waals surface area contributed by atoms with Crippen LogP contribution in [0.5, 0.6) is 0 Å². The molecule has 1 heterocycles. The predicted molar refractivity (Wildman–Crippen MR) is 127 cm³/mol. The lowest BCUT2D eigenvalue weighted by Gasteiger charge is -2.39. The molecule has 11 heteroatoms. The zero-order valence-corrected chi connectivity index (χ0v) is 21.5. The summed E-state index contributed by atoms with van der Waals surface area (Å²) in [6, 6.07) is 6.63. The van der Waals surface area contributed by atoms with Crippen molar-refractivity contribution in [3.63, 3.8) is 0 Å². The number of nitrogens with one attached hydrogen (secondary N) is 1. The van der Waals surface area contributed by atoms with Crippen LogP contribution >= 0.6 is 24.0 Å². The Kier molecular flexibility index (Phi) is 8.94. The summed E-state index contributed by atoms with van der Waals surface area (Å²) in [6.45, 7) is 7.25. The van der Waals surface area contributed by atoms with Gasteiger partial charge in [-0.3, -0.25) is 0 Å². The Morgan fingerprint density at radius 3 is 2.31 bits per heavy atom. The van der Waals surface area contributed by atoms with Gasteiger partial charge in [0.1, 0.15) is 0 Å². The van der Waals surface area contributed by atoms with Crippen LogP contribution in [0.15, 0.2) is 34.2 Å². The molecule has 0 saturated carbocycles. The monoisotopic (exact) mass is 558 g/mol. The molecular weight excluding hydrogens is 527 g/mol. The number of benzene rings is 1. The molecule has 1 aromatic rings. The van der Waals surface area contributed by atoms with Gasteiger partial charge in [0, 0.05) is 33.7 Å². The Bertz CT molecular complexity index is 927. The first-order chi connectivity index (χ1) is 12.9. The SMILES string of the molecule is CCNC(=NCc1ccc(S(=O)(=O)N(C)C)cc1)N1CCS(=O)(=O)C(C)(C)C1.I. The summed E-state index contributed by atoms with van der Waals surface area (Å²) in [5, 5.41) is 3.22. The molecule has 1 saturated heterocycles. The van der Waals surface area contributed by atoms with Gasteiger partial charge in [0.15, 0.2) is 15.8 Å². The van der Waals surface area contributed by atoms with Crippen LogP contribution in [0.4, 0.5) is 0 Å². The van der Waals surface area contributed by atoms with E-state index in [1.807, 2.05) is 11.8 Å². The standard InChI is InChI=1S/C18H30N4O4S2.HI/c1-6-19-17(22-11-12-27(23,24)18(2,3)14-22)20-13-15-7-9-16(10-8-15)28(25,26)21(4)5;/h7-10H,6,11-14H2,1-5H3,(H,19,20);1H. The van der Waals surface area contributed by atoms with E-state index in [4.69, 9.17) is 0 Å². The van der Waals surface area contributed by atoms with Crippen molar-refractivity contribution >= 4 is 49.8 Å². The van der Waals surface area contributed by atoms with Crippen molar-refractivity contribution in [3.05, 3.63) is 29.8 Å². The van der Waals surface area contributed by atoms with Crippen LogP contribution in [-0.2, 0) is 26.4 Å². The van der Waals surface area contributed by atoms with Gasteiger partial charge in [-0.2, -0.15) is 0 Å². The summed E-state index contributed by atoms with van der Waals surface area (Å²) in [7, 11) is -3.58. The molecule has 0 atom stereocenters. The number of guanidine groups is 1. The zero-order valence-electron chi connectivity index (χ0n) is 17.5. The third-order valence-electron chi connectivity index (χ3n) is 4.79. The number of nitrogens with zero attached hydrogens (tertiary/aromatic N) is 3. The molecule has 0 radical (unpaired) electrons. The van der Waals surface area contributed by atoms with E-state index < -0.39 is 24.6 Å². The van der Waals surface area contributed by atoms with Crippen LogP contribution in [0, 0.1) is 0 Å². The molecule has 8 nitrogen and oxygen atoms in total. The minimum atomic E-state index is -3.45. The van der Waals surface area contributed by atoms with Crippen LogP contribution in [-0.4, -0.2) is 76.2 Å². The average Bonchev–Trinajstić information content (AvgIpc) is 2.61. The first kappa shape index (κ1) is 26.1. The maximum Gasteiger partial charge on any atom is 0.242 e. The van der Waals surface area contributed by atoms with Crippen molar-refractivity contribution < 1.29 is 16.8 Å². The number of rotatable bonds is 5. The third-order valence-corrected chi connectivity index (χ3v) is 9.15. The normalized spacial score (nSPS) is 19.0. The highest BCUT2D eigenvalue weighted by Gasteiger charge is 2.40. The van der Waals surface area contributed by atoms with Crippen LogP contribution in [0.1, 0.15) is 26.3 Å².